The van der Waals surface area contributed by atoms with Gasteiger partial charge in [0, 0.05) is 5.88 Å². The van der Waals surface area contributed by atoms with Gasteiger partial charge in [-0.2, -0.15) is 0 Å². The summed E-state index contributed by atoms with van der Waals surface area (Å²) >= 11 is 5.38. The van der Waals surface area contributed by atoms with Gasteiger partial charge in [0.05, 0.1) is 6.21 Å². The highest BCUT2D eigenvalue weighted by Crippen LogP contribution is 1.94. The summed E-state index contributed by atoms with van der Waals surface area (Å²) in [7, 11) is 0. The molecular formula is C12H18ClNO. The van der Waals surface area contributed by atoms with Crippen molar-refractivity contribution in [1.82, 2.24) is 0 Å². The number of benzene rings is 1. The quantitative estimate of drug-likeness (QED) is 0.273. The average molecular weight is 228 g/mol. The molecule has 0 saturated carbocycles. The van der Waals surface area contributed by atoms with Crippen molar-refractivity contribution in [2.45, 2.75) is 26.2 Å². The molecule has 0 aromatic heterocycles. The smallest absolute Gasteiger partial charge is 0.0733 e. The van der Waals surface area contributed by atoms with Gasteiger partial charge in [0.2, 0.25) is 0 Å². The first kappa shape index (κ1) is 14.0. The lowest BCUT2D eigenvalue weighted by molar-refractivity contribution is 0.322. The minimum absolute atomic E-state index is 0.827. The maximum atomic E-state index is 8.09. The Kier molecular flexibility index (Phi) is 10.3. The van der Waals surface area contributed by atoms with Crippen LogP contribution in [0.5, 0.6) is 0 Å². The highest BCUT2D eigenvalue weighted by atomic mass is 35.5. The van der Waals surface area contributed by atoms with E-state index in [1.165, 1.54) is 25.5 Å². The minimum Gasteiger partial charge on any atom is -0.411 e. The monoisotopic (exact) mass is 227 g/mol. The molecule has 0 saturated heterocycles. The van der Waals surface area contributed by atoms with Crippen LogP contribution in [0, 0.1) is 0 Å². The Bertz CT molecular complexity index is 245. The molecule has 0 aliphatic heterocycles. The van der Waals surface area contributed by atoms with Gasteiger partial charge < -0.3 is 5.21 Å². The molecule has 0 atom stereocenters. The third-order valence-electron chi connectivity index (χ3n) is 1.74. The van der Waals surface area contributed by atoms with Crippen molar-refractivity contribution in [3.8, 4) is 0 Å². The molecule has 2 nitrogen and oxygen atoms in total. The molecule has 0 spiro atoms. The van der Waals surface area contributed by atoms with E-state index in [2.05, 4.69) is 12.1 Å². The molecule has 1 rings (SSSR count). The van der Waals surface area contributed by atoms with E-state index in [4.69, 9.17) is 16.8 Å². The van der Waals surface area contributed by atoms with Gasteiger partial charge in [-0.15, -0.1) is 11.6 Å². The largest absolute Gasteiger partial charge is 0.411 e. The van der Waals surface area contributed by atoms with Crippen LogP contribution in [0.1, 0.15) is 31.7 Å². The van der Waals surface area contributed by atoms with E-state index in [1.54, 1.807) is 0 Å². The molecule has 1 aromatic rings. The molecule has 0 bridgehead atoms. The van der Waals surface area contributed by atoms with Crippen LogP contribution in [-0.4, -0.2) is 17.3 Å². The predicted octanol–water partition coefficient (Wildman–Crippen LogP) is 3.91. The lowest BCUT2D eigenvalue weighted by Crippen LogP contribution is -1.76. The number of oxime groups is 1. The molecule has 0 amide bonds. The zero-order valence-electron chi connectivity index (χ0n) is 9.06. The highest BCUT2D eigenvalue weighted by molar-refractivity contribution is 6.17. The summed E-state index contributed by atoms with van der Waals surface area (Å²) < 4.78 is 0. The van der Waals surface area contributed by atoms with Crippen molar-refractivity contribution in [1.29, 1.82) is 0 Å². The van der Waals surface area contributed by atoms with Gasteiger partial charge in [-0.25, -0.2) is 0 Å². The highest BCUT2D eigenvalue weighted by Gasteiger charge is 1.80. The fourth-order valence-corrected chi connectivity index (χ4v) is 1.14. The molecule has 1 N–H and O–H groups in total. The van der Waals surface area contributed by atoms with E-state index in [1.807, 2.05) is 30.3 Å². The second-order valence-corrected chi connectivity index (χ2v) is 3.43. The lowest BCUT2D eigenvalue weighted by Gasteiger charge is -1.85. The number of hydrogen-bond donors (Lipinski definition) is 1. The number of halogens is 1. The van der Waals surface area contributed by atoms with Gasteiger partial charge in [-0.3, -0.25) is 0 Å². The fourth-order valence-electron chi connectivity index (χ4n) is 0.950. The van der Waals surface area contributed by atoms with Gasteiger partial charge >= 0.3 is 0 Å². The van der Waals surface area contributed by atoms with Crippen molar-refractivity contribution >= 4 is 17.8 Å². The molecular weight excluding hydrogens is 210 g/mol. The molecule has 15 heavy (non-hydrogen) atoms. The van der Waals surface area contributed by atoms with E-state index in [0.717, 1.165) is 11.4 Å². The first-order valence-corrected chi connectivity index (χ1v) is 5.67. The van der Waals surface area contributed by atoms with Gasteiger partial charge in [-0.05, 0) is 12.0 Å². The summed E-state index contributed by atoms with van der Waals surface area (Å²) in [5.74, 6) is 0.827. The van der Waals surface area contributed by atoms with Gasteiger partial charge in [0.1, 0.15) is 0 Å². The second-order valence-electron chi connectivity index (χ2n) is 3.05. The zero-order valence-corrected chi connectivity index (χ0v) is 9.82. The third kappa shape index (κ3) is 9.29. The van der Waals surface area contributed by atoms with Crippen molar-refractivity contribution in [2.75, 3.05) is 5.88 Å². The van der Waals surface area contributed by atoms with Crippen molar-refractivity contribution in [3.05, 3.63) is 35.9 Å². The van der Waals surface area contributed by atoms with Crippen LogP contribution in [0.4, 0.5) is 0 Å². The number of rotatable bonds is 4. The molecule has 0 radical (unpaired) electrons. The third-order valence-corrected chi connectivity index (χ3v) is 2.01. The number of unbranched alkanes of at least 4 members (excludes halogenated alkanes) is 2. The SMILES string of the molecule is CCCCCCl.ON=Cc1ccccc1. The second kappa shape index (κ2) is 11.1. The maximum absolute atomic E-state index is 8.09. The fraction of sp³-hybridized carbons (Fsp3) is 0.417. The summed E-state index contributed by atoms with van der Waals surface area (Å²) in [6, 6.07) is 9.40. The Labute approximate surface area is 96.6 Å². The number of nitrogens with zero attached hydrogens (tertiary/aromatic N) is 1. The Balaban J connectivity index is 0.000000288. The summed E-state index contributed by atoms with van der Waals surface area (Å²) in [5, 5.41) is 11.0. The van der Waals surface area contributed by atoms with E-state index in [9.17, 15) is 0 Å². The van der Waals surface area contributed by atoms with E-state index in [-0.39, 0.29) is 0 Å². The normalized spacial score (nSPS) is 9.73. The van der Waals surface area contributed by atoms with Crippen molar-refractivity contribution in [2.24, 2.45) is 5.16 Å². The standard InChI is InChI=1S/C7H7NO.C5H11Cl/c9-8-6-7-4-2-1-3-5-7;1-2-3-4-5-6/h1-6,9H;2-5H2,1H3. The van der Waals surface area contributed by atoms with Crippen molar-refractivity contribution < 1.29 is 5.21 Å². The van der Waals surface area contributed by atoms with Gasteiger partial charge in [-0.1, -0.05) is 55.3 Å². The molecule has 0 unspecified atom stereocenters. The lowest BCUT2D eigenvalue weighted by atomic mass is 10.2. The van der Waals surface area contributed by atoms with Crippen molar-refractivity contribution in [3.63, 3.8) is 0 Å². The first-order valence-electron chi connectivity index (χ1n) is 5.13. The molecule has 1 aromatic carbocycles. The summed E-state index contributed by atoms with van der Waals surface area (Å²) in [6.45, 7) is 2.17. The number of hydrogen-bond acceptors (Lipinski definition) is 2. The predicted molar refractivity (Wildman–Crippen MR) is 66.1 cm³/mol. The Morgan fingerprint density at radius 3 is 2.33 bits per heavy atom. The van der Waals surface area contributed by atoms with Gasteiger partial charge in [0.15, 0.2) is 0 Å². The van der Waals surface area contributed by atoms with E-state index in [0.29, 0.717) is 0 Å². The molecule has 0 aliphatic carbocycles. The van der Waals surface area contributed by atoms with Crippen LogP contribution in [0.2, 0.25) is 0 Å². The Morgan fingerprint density at radius 2 is 1.93 bits per heavy atom. The van der Waals surface area contributed by atoms with E-state index < -0.39 is 0 Å². The topological polar surface area (TPSA) is 32.6 Å². The zero-order chi connectivity index (χ0) is 11.4. The summed E-state index contributed by atoms with van der Waals surface area (Å²) in [5.41, 5.74) is 0.903. The molecule has 3 heteroatoms. The van der Waals surface area contributed by atoms with Crippen LogP contribution < -0.4 is 0 Å². The Morgan fingerprint density at radius 1 is 1.27 bits per heavy atom. The molecule has 0 fully saturated rings. The van der Waals surface area contributed by atoms with Gasteiger partial charge in [0.25, 0.3) is 0 Å². The summed E-state index contributed by atoms with van der Waals surface area (Å²) in [4.78, 5) is 0. The molecule has 84 valence electrons. The Hall–Kier alpha value is -1.02. The van der Waals surface area contributed by atoms with Crippen LogP contribution in [0.15, 0.2) is 35.5 Å². The van der Waals surface area contributed by atoms with Crippen LogP contribution >= 0.6 is 11.6 Å². The molecule has 0 heterocycles. The average Bonchev–Trinajstić information content (AvgIpc) is 2.29. The van der Waals surface area contributed by atoms with E-state index >= 15 is 0 Å². The minimum atomic E-state index is 0.827. The number of alkyl halides is 1. The molecule has 0 aliphatic rings. The summed E-state index contributed by atoms with van der Waals surface area (Å²) in [6.07, 6.45) is 5.12. The van der Waals surface area contributed by atoms with Crippen LogP contribution in [-0.2, 0) is 0 Å². The maximum Gasteiger partial charge on any atom is 0.0733 e. The van der Waals surface area contributed by atoms with Crippen LogP contribution in [0.3, 0.4) is 0 Å². The first-order chi connectivity index (χ1) is 7.35. The van der Waals surface area contributed by atoms with Crippen LogP contribution in [0.25, 0.3) is 0 Å².